The van der Waals surface area contributed by atoms with E-state index in [1.807, 2.05) is 6.92 Å². The molecule has 0 radical (unpaired) electrons. The SMILES string of the molecule is CCCNC1CCCC1c1ccc(C)nc1. The lowest BCUT2D eigenvalue weighted by Crippen LogP contribution is -2.31. The van der Waals surface area contributed by atoms with Crippen molar-refractivity contribution in [3.05, 3.63) is 29.6 Å². The summed E-state index contributed by atoms with van der Waals surface area (Å²) in [5.41, 5.74) is 2.52. The van der Waals surface area contributed by atoms with Gasteiger partial charge in [0.1, 0.15) is 0 Å². The first-order chi connectivity index (χ1) is 7.81. The number of hydrogen-bond acceptors (Lipinski definition) is 2. The van der Waals surface area contributed by atoms with Gasteiger partial charge in [-0.25, -0.2) is 0 Å². The Kier molecular flexibility index (Phi) is 3.94. The maximum absolute atomic E-state index is 4.41. The van der Waals surface area contributed by atoms with Crippen molar-refractivity contribution < 1.29 is 0 Å². The topological polar surface area (TPSA) is 24.9 Å². The van der Waals surface area contributed by atoms with E-state index in [0.717, 1.165) is 12.2 Å². The van der Waals surface area contributed by atoms with Crippen LogP contribution in [0.25, 0.3) is 0 Å². The van der Waals surface area contributed by atoms with Crippen LogP contribution in [0.3, 0.4) is 0 Å². The van der Waals surface area contributed by atoms with Gasteiger partial charge in [-0.15, -0.1) is 0 Å². The third-order valence-corrected chi connectivity index (χ3v) is 3.53. The van der Waals surface area contributed by atoms with Gasteiger partial charge in [-0.1, -0.05) is 19.4 Å². The Bertz CT molecular complexity index is 318. The molecule has 1 fully saturated rings. The van der Waals surface area contributed by atoms with Crippen LogP contribution in [0, 0.1) is 6.92 Å². The number of nitrogens with zero attached hydrogens (tertiary/aromatic N) is 1. The number of rotatable bonds is 4. The molecular weight excluding hydrogens is 196 g/mol. The molecule has 0 spiro atoms. The van der Waals surface area contributed by atoms with Crippen molar-refractivity contribution in [1.29, 1.82) is 0 Å². The van der Waals surface area contributed by atoms with E-state index in [0.29, 0.717) is 12.0 Å². The Morgan fingerprint density at radius 3 is 2.94 bits per heavy atom. The Labute approximate surface area is 98.5 Å². The first-order valence-corrected chi connectivity index (χ1v) is 6.47. The number of nitrogens with one attached hydrogen (secondary N) is 1. The molecule has 1 aliphatic rings. The van der Waals surface area contributed by atoms with Crippen LogP contribution in [0.15, 0.2) is 18.3 Å². The number of pyridine rings is 1. The van der Waals surface area contributed by atoms with Crippen molar-refractivity contribution in [2.45, 2.75) is 51.5 Å². The molecule has 0 bridgehead atoms. The fourth-order valence-corrected chi connectivity index (χ4v) is 2.63. The molecular formula is C14H22N2. The molecule has 0 saturated heterocycles. The molecule has 1 aromatic rings. The van der Waals surface area contributed by atoms with Crippen molar-refractivity contribution in [2.75, 3.05) is 6.54 Å². The van der Waals surface area contributed by atoms with Crippen LogP contribution in [0.5, 0.6) is 0 Å². The van der Waals surface area contributed by atoms with Gasteiger partial charge in [-0.3, -0.25) is 4.98 Å². The van der Waals surface area contributed by atoms with Crippen LogP contribution < -0.4 is 5.32 Å². The second-order valence-electron chi connectivity index (χ2n) is 4.83. The lowest BCUT2D eigenvalue weighted by Gasteiger charge is -2.21. The Hall–Kier alpha value is -0.890. The maximum atomic E-state index is 4.41. The zero-order valence-electron chi connectivity index (χ0n) is 10.4. The molecule has 1 saturated carbocycles. The highest BCUT2D eigenvalue weighted by Gasteiger charge is 2.27. The summed E-state index contributed by atoms with van der Waals surface area (Å²) in [6.45, 7) is 5.41. The molecule has 2 unspecified atom stereocenters. The van der Waals surface area contributed by atoms with E-state index in [1.54, 1.807) is 0 Å². The Morgan fingerprint density at radius 2 is 2.25 bits per heavy atom. The van der Waals surface area contributed by atoms with Gasteiger partial charge in [0.15, 0.2) is 0 Å². The summed E-state index contributed by atoms with van der Waals surface area (Å²) in [5, 5.41) is 3.67. The third kappa shape index (κ3) is 2.62. The molecule has 1 heterocycles. The minimum atomic E-state index is 0.671. The second-order valence-corrected chi connectivity index (χ2v) is 4.83. The maximum Gasteiger partial charge on any atom is 0.0372 e. The quantitative estimate of drug-likeness (QED) is 0.840. The lowest BCUT2D eigenvalue weighted by molar-refractivity contribution is 0.478. The molecule has 88 valence electrons. The number of aromatic nitrogens is 1. The standard InChI is InChI=1S/C14H22N2/c1-3-9-15-14-6-4-5-13(14)12-8-7-11(2)16-10-12/h7-8,10,13-15H,3-6,9H2,1-2H3. The zero-order valence-corrected chi connectivity index (χ0v) is 10.4. The van der Waals surface area contributed by atoms with Gasteiger partial charge in [0.2, 0.25) is 0 Å². The van der Waals surface area contributed by atoms with Gasteiger partial charge in [0.05, 0.1) is 0 Å². The van der Waals surface area contributed by atoms with E-state index in [-0.39, 0.29) is 0 Å². The highest BCUT2D eigenvalue weighted by molar-refractivity contribution is 5.21. The summed E-state index contributed by atoms with van der Waals surface area (Å²) in [6.07, 6.45) is 7.26. The fraction of sp³-hybridized carbons (Fsp3) is 0.643. The summed E-state index contributed by atoms with van der Waals surface area (Å²) in [7, 11) is 0. The van der Waals surface area contributed by atoms with E-state index in [9.17, 15) is 0 Å². The van der Waals surface area contributed by atoms with E-state index in [4.69, 9.17) is 0 Å². The Balaban J connectivity index is 2.04. The van der Waals surface area contributed by atoms with Crippen LogP contribution >= 0.6 is 0 Å². The molecule has 2 atom stereocenters. The average molecular weight is 218 g/mol. The predicted molar refractivity (Wildman–Crippen MR) is 67.6 cm³/mol. The molecule has 2 nitrogen and oxygen atoms in total. The lowest BCUT2D eigenvalue weighted by atomic mass is 9.95. The van der Waals surface area contributed by atoms with E-state index < -0.39 is 0 Å². The van der Waals surface area contributed by atoms with Crippen molar-refractivity contribution >= 4 is 0 Å². The summed E-state index contributed by atoms with van der Waals surface area (Å²) in [4.78, 5) is 4.41. The fourth-order valence-electron chi connectivity index (χ4n) is 2.63. The van der Waals surface area contributed by atoms with Gasteiger partial charge >= 0.3 is 0 Å². The third-order valence-electron chi connectivity index (χ3n) is 3.53. The van der Waals surface area contributed by atoms with Crippen LogP contribution in [-0.4, -0.2) is 17.6 Å². The van der Waals surface area contributed by atoms with Crippen LogP contribution in [-0.2, 0) is 0 Å². The van der Waals surface area contributed by atoms with Gasteiger partial charge < -0.3 is 5.32 Å². The van der Waals surface area contributed by atoms with Crippen molar-refractivity contribution in [1.82, 2.24) is 10.3 Å². The molecule has 2 rings (SSSR count). The van der Waals surface area contributed by atoms with Crippen LogP contribution in [0.4, 0.5) is 0 Å². The molecule has 0 aliphatic heterocycles. The molecule has 1 aromatic heterocycles. The second kappa shape index (κ2) is 5.44. The molecule has 0 aromatic carbocycles. The molecule has 16 heavy (non-hydrogen) atoms. The molecule has 2 heteroatoms. The first-order valence-electron chi connectivity index (χ1n) is 6.47. The zero-order chi connectivity index (χ0) is 11.4. The number of hydrogen-bond donors (Lipinski definition) is 1. The van der Waals surface area contributed by atoms with Crippen molar-refractivity contribution in [2.24, 2.45) is 0 Å². The predicted octanol–water partition coefficient (Wildman–Crippen LogP) is 3.03. The minimum absolute atomic E-state index is 0.671. The molecule has 1 N–H and O–H groups in total. The monoisotopic (exact) mass is 218 g/mol. The molecule has 1 aliphatic carbocycles. The largest absolute Gasteiger partial charge is 0.313 e. The summed E-state index contributed by atoms with van der Waals surface area (Å²) >= 11 is 0. The van der Waals surface area contributed by atoms with Gasteiger partial charge in [0, 0.05) is 23.9 Å². The smallest absolute Gasteiger partial charge is 0.0372 e. The van der Waals surface area contributed by atoms with Gasteiger partial charge in [-0.2, -0.15) is 0 Å². The van der Waals surface area contributed by atoms with E-state index in [2.05, 4.69) is 35.6 Å². The summed E-state index contributed by atoms with van der Waals surface area (Å²) in [5.74, 6) is 0.680. The molecule has 0 amide bonds. The normalized spacial score (nSPS) is 24.9. The number of aryl methyl sites for hydroxylation is 1. The summed E-state index contributed by atoms with van der Waals surface area (Å²) < 4.78 is 0. The van der Waals surface area contributed by atoms with Crippen molar-refractivity contribution in [3.8, 4) is 0 Å². The summed E-state index contributed by atoms with van der Waals surface area (Å²) in [6, 6.07) is 5.05. The van der Waals surface area contributed by atoms with Crippen LogP contribution in [0.2, 0.25) is 0 Å². The van der Waals surface area contributed by atoms with E-state index >= 15 is 0 Å². The van der Waals surface area contributed by atoms with E-state index in [1.165, 1.54) is 31.2 Å². The highest BCUT2D eigenvalue weighted by Crippen LogP contribution is 2.34. The van der Waals surface area contributed by atoms with Gasteiger partial charge in [0.25, 0.3) is 0 Å². The van der Waals surface area contributed by atoms with Crippen LogP contribution in [0.1, 0.15) is 49.8 Å². The Morgan fingerprint density at radius 1 is 1.38 bits per heavy atom. The average Bonchev–Trinajstić information content (AvgIpc) is 2.75. The van der Waals surface area contributed by atoms with Gasteiger partial charge in [-0.05, 0) is 44.4 Å². The van der Waals surface area contributed by atoms with Crippen molar-refractivity contribution in [3.63, 3.8) is 0 Å². The highest BCUT2D eigenvalue weighted by atomic mass is 14.9. The minimum Gasteiger partial charge on any atom is -0.313 e. The first kappa shape index (κ1) is 11.6.